The van der Waals surface area contributed by atoms with Gasteiger partial charge in [-0.15, -0.1) is 0 Å². The van der Waals surface area contributed by atoms with Gasteiger partial charge in [-0.05, 0) is 6.42 Å². The molecule has 2 aliphatic heterocycles. The maximum atomic E-state index is 11.8. The number of carboxylic acid groups (broad SMARTS) is 1. The molecule has 6 heteroatoms. The number of hydrogen-bond donors (Lipinski definition) is 2. The van der Waals surface area contributed by atoms with Crippen molar-refractivity contribution in [1.29, 1.82) is 0 Å². The van der Waals surface area contributed by atoms with Gasteiger partial charge in [0.15, 0.2) is 0 Å². The van der Waals surface area contributed by atoms with Gasteiger partial charge < -0.3 is 15.3 Å². The molecule has 2 unspecified atom stereocenters. The minimum Gasteiger partial charge on any atom is -0.480 e. The van der Waals surface area contributed by atoms with Crippen LogP contribution in [-0.4, -0.2) is 46.9 Å². The highest BCUT2D eigenvalue weighted by Gasteiger charge is 2.41. The summed E-state index contributed by atoms with van der Waals surface area (Å²) < 4.78 is 0. The zero-order chi connectivity index (χ0) is 11.0. The van der Waals surface area contributed by atoms with Gasteiger partial charge in [0.05, 0.1) is 5.92 Å². The third-order valence-corrected chi connectivity index (χ3v) is 2.91. The molecular weight excluding hydrogens is 200 g/mol. The van der Waals surface area contributed by atoms with Crippen LogP contribution in [0.4, 0.5) is 0 Å². The summed E-state index contributed by atoms with van der Waals surface area (Å²) in [5.41, 5.74) is 0. The van der Waals surface area contributed by atoms with Gasteiger partial charge in [-0.25, -0.2) is 4.79 Å². The third kappa shape index (κ3) is 1.67. The van der Waals surface area contributed by atoms with Gasteiger partial charge >= 0.3 is 5.97 Å². The molecule has 2 saturated heterocycles. The van der Waals surface area contributed by atoms with E-state index >= 15 is 0 Å². The average molecular weight is 212 g/mol. The van der Waals surface area contributed by atoms with Crippen LogP contribution in [0.2, 0.25) is 0 Å². The number of aliphatic carboxylic acids is 1. The predicted octanol–water partition coefficient (Wildman–Crippen LogP) is -1.19. The standard InChI is InChI=1S/C9H12N2O4/c12-7-3-5(4-10-7)8(13)11-2-1-6(11)9(14)15/h5-6H,1-4H2,(H,10,12)(H,14,15). The first-order valence-corrected chi connectivity index (χ1v) is 4.89. The van der Waals surface area contributed by atoms with Crippen molar-refractivity contribution in [3.8, 4) is 0 Å². The summed E-state index contributed by atoms with van der Waals surface area (Å²) in [4.78, 5) is 34.7. The lowest BCUT2D eigenvalue weighted by atomic mass is 9.98. The lowest BCUT2D eigenvalue weighted by Gasteiger charge is -2.39. The molecule has 0 aliphatic carbocycles. The molecule has 0 bridgehead atoms. The van der Waals surface area contributed by atoms with Crippen LogP contribution in [0.3, 0.4) is 0 Å². The van der Waals surface area contributed by atoms with Crippen molar-refractivity contribution in [3.63, 3.8) is 0 Å². The van der Waals surface area contributed by atoms with E-state index in [9.17, 15) is 14.4 Å². The largest absolute Gasteiger partial charge is 0.480 e. The summed E-state index contributed by atoms with van der Waals surface area (Å²) in [5.74, 6) is -1.70. The van der Waals surface area contributed by atoms with Gasteiger partial charge in [-0.1, -0.05) is 0 Å². The van der Waals surface area contributed by atoms with Gasteiger partial charge in [0.25, 0.3) is 0 Å². The molecule has 0 aromatic rings. The minimum atomic E-state index is -0.966. The molecule has 6 nitrogen and oxygen atoms in total. The molecule has 2 aliphatic rings. The molecular formula is C9H12N2O4. The van der Waals surface area contributed by atoms with Crippen LogP contribution in [0.15, 0.2) is 0 Å². The molecule has 82 valence electrons. The summed E-state index contributed by atoms with van der Waals surface area (Å²) in [6.45, 7) is 0.820. The number of likely N-dealkylation sites (tertiary alicyclic amines) is 1. The smallest absolute Gasteiger partial charge is 0.326 e. The summed E-state index contributed by atoms with van der Waals surface area (Å²) in [6, 6.07) is -0.687. The van der Waals surface area contributed by atoms with Crippen molar-refractivity contribution in [2.45, 2.75) is 18.9 Å². The van der Waals surface area contributed by atoms with Gasteiger partial charge in [0.1, 0.15) is 6.04 Å². The van der Waals surface area contributed by atoms with E-state index in [1.807, 2.05) is 0 Å². The highest BCUT2D eigenvalue weighted by Crippen LogP contribution is 2.22. The van der Waals surface area contributed by atoms with Crippen molar-refractivity contribution in [1.82, 2.24) is 10.2 Å². The molecule has 2 N–H and O–H groups in total. The molecule has 0 radical (unpaired) electrons. The van der Waals surface area contributed by atoms with E-state index in [0.717, 1.165) is 0 Å². The van der Waals surface area contributed by atoms with Crippen molar-refractivity contribution < 1.29 is 19.5 Å². The Kier molecular flexibility index (Phi) is 2.34. The topological polar surface area (TPSA) is 86.7 Å². The predicted molar refractivity (Wildman–Crippen MR) is 48.9 cm³/mol. The van der Waals surface area contributed by atoms with Crippen LogP contribution < -0.4 is 5.32 Å². The number of nitrogens with zero attached hydrogens (tertiary/aromatic N) is 1. The lowest BCUT2D eigenvalue weighted by Crippen LogP contribution is -2.57. The number of rotatable bonds is 2. The van der Waals surface area contributed by atoms with E-state index in [4.69, 9.17) is 5.11 Å². The molecule has 0 aromatic carbocycles. The first-order chi connectivity index (χ1) is 7.09. The number of carbonyl (C=O) groups is 3. The Bertz CT molecular complexity index is 328. The molecule has 0 aromatic heterocycles. The highest BCUT2D eigenvalue weighted by atomic mass is 16.4. The zero-order valence-corrected chi connectivity index (χ0v) is 8.10. The second-order valence-electron chi connectivity index (χ2n) is 3.88. The average Bonchev–Trinajstić information content (AvgIpc) is 2.48. The normalized spacial score (nSPS) is 29.6. The van der Waals surface area contributed by atoms with Gasteiger partial charge in [-0.3, -0.25) is 9.59 Å². The number of nitrogens with one attached hydrogen (secondary N) is 1. The zero-order valence-electron chi connectivity index (χ0n) is 8.10. The fourth-order valence-electron chi connectivity index (χ4n) is 1.92. The van der Waals surface area contributed by atoms with Crippen LogP contribution in [0, 0.1) is 5.92 Å². The van der Waals surface area contributed by atoms with Crippen LogP contribution in [0.5, 0.6) is 0 Å². The van der Waals surface area contributed by atoms with Gasteiger partial charge in [0.2, 0.25) is 11.8 Å². The Morgan fingerprint density at radius 1 is 1.47 bits per heavy atom. The Morgan fingerprint density at radius 2 is 2.20 bits per heavy atom. The van der Waals surface area contributed by atoms with Gasteiger partial charge in [0, 0.05) is 19.5 Å². The summed E-state index contributed by atoms with van der Waals surface area (Å²) in [6.07, 6.45) is 0.691. The highest BCUT2D eigenvalue weighted by molar-refractivity contribution is 5.92. The molecule has 2 fully saturated rings. The second kappa shape index (κ2) is 3.52. The quantitative estimate of drug-likeness (QED) is 0.602. The molecule has 0 spiro atoms. The van der Waals surface area contributed by atoms with Gasteiger partial charge in [-0.2, -0.15) is 0 Å². The molecule has 2 heterocycles. The summed E-state index contributed by atoms with van der Waals surface area (Å²) in [5, 5.41) is 11.3. The van der Waals surface area contributed by atoms with E-state index in [-0.39, 0.29) is 24.2 Å². The molecule has 2 amide bonds. The fraction of sp³-hybridized carbons (Fsp3) is 0.667. The third-order valence-electron chi connectivity index (χ3n) is 2.91. The van der Waals surface area contributed by atoms with Crippen LogP contribution in [0.25, 0.3) is 0 Å². The molecule has 15 heavy (non-hydrogen) atoms. The first kappa shape index (κ1) is 9.95. The van der Waals surface area contributed by atoms with E-state index < -0.39 is 12.0 Å². The van der Waals surface area contributed by atoms with E-state index in [1.54, 1.807) is 0 Å². The summed E-state index contributed by atoms with van der Waals surface area (Å²) in [7, 11) is 0. The monoisotopic (exact) mass is 212 g/mol. The van der Waals surface area contributed by atoms with E-state index in [0.29, 0.717) is 19.5 Å². The number of carboxylic acids is 1. The SMILES string of the molecule is O=C1CC(C(=O)N2CCC2C(=O)O)CN1. The molecule has 0 saturated carbocycles. The van der Waals surface area contributed by atoms with Crippen molar-refractivity contribution in [2.24, 2.45) is 5.92 Å². The number of carbonyl (C=O) groups excluding carboxylic acids is 2. The molecule has 2 atom stereocenters. The maximum Gasteiger partial charge on any atom is 0.326 e. The number of amides is 2. The Balaban J connectivity index is 1.97. The number of hydrogen-bond acceptors (Lipinski definition) is 3. The Morgan fingerprint density at radius 3 is 2.60 bits per heavy atom. The lowest BCUT2D eigenvalue weighted by molar-refractivity contribution is -0.159. The molecule has 2 rings (SSSR count). The van der Waals surface area contributed by atoms with Crippen molar-refractivity contribution in [3.05, 3.63) is 0 Å². The minimum absolute atomic E-state index is 0.138. The van der Waals surface area contributed by atoms with Crippen LogP contribution >= 0.6 is 0 Å². The maximum absolute atomic E-state index is 11.8. The van der Waals surface area contributed by atoms with E-state index in [2.05, 4.69) is 5.32 Å². The van der Waals surface area contributed by atoms with Crippen molar-refractivity contribution in [2.75, 3.05) is 13.1 Å². The fourth-order valence-corrected chi connectivity index (χ4v) is 1.92. The van der Waals surface area contributed by atoms with Crippen LogP contribution in [0.1, 0.15) is 12.8 Å². The summed E-state index contributed by atoms with van der Waals surface area (Å²) >= 11 is 0. The Hall–Kier alpha value is -1.59. The van der Waals surface area contributed by atoms with Crippen LogP contribution in [-0.2, 0) is 14.4 Å². The van der Waals surface area contributed by atoms with Crippen molar-refractivity contribution >= 4 is 17.8 Å². The first-order valence-electron chi connectivity index (χ1n) is 4.89. The Labute approximate surface area is 86.2 Å². The second-order valence-corrected chi connectivity index (χ2v) is 3.88. The van der Waals surface area contributed by atoms with E-state index in [1.165, 1.54) is 4.90 Å².